The monoisotopic (exact) mass is 181 g/mol. The number of nitrogen functional groups attached to an aromatic ring is 1. The van der Waals surface area contributed by atoms with Gasteiger partial charge < -0.3 is 21.1 Å². The molecule has 0 aromatic heterocycles. The van der Waals surface area contributed by atoms with Crippen LogP contribution in [-0.4, -0.2) is 15.3 Å². The predicted molar refractivity (Wildman–Crippen MR) is 50.4 cm³/mol. The maximum absolute atomic E-state index is 9.23. The van der Waals surface area contributed by atoms with Crippen LogP contribution in [0, 0.1) is 6.92 Å². The summed E-state index contributed by atoms with van der Waals surface area (Å²) in [6, 6.07) is 4.84. The second kappa shape index (κ2) is 3.26. The molecule has 0 saturated heterocycles. The van der Waals surface area contributed by atoms with Gasteiger partial charge in [-0.25, -0.2) is 0 Å². The van der Waals surface area contributed by atoms with Gasteiger partial charge in [-0.3, -0.25) is 0 Å². The lowest BCUT2D eigenvalue weighted by Crippen LogP contribution is -1.97. The Bertz CT molecular complexity index is 354. The highest BCUT2D eigenvalue weighted by atomic mass is 16.5. The Morgan fingerprint density at radius 3 is 2.38 bits per heavy atom. The Morgan fingerprint density at radius 1 is 1.23 bits per heavy atom. The molecule has 0 aliphatic heterocycles. The fourth-order valence-electron chi connectivity index (χ4n) is 1.03. The molecular weight excluding hydrogens is 170 g/mol. The zero-order chi connectivity index (χ0) is 10.0. The molecule has 0 atom stereocenters. The third kappa shape index (κ3) is 1.66. The fourth-order valence-corrected chi connectivity index (χ4v) is 1.03. The third-order valence-corrected chi connectivity index (χ3v) is 1.84. The largest absolute Gasteiger partial charge is 0.502 e. The van der Waals surface area contributed by atoms with Crippen molar-refractivity contribution in [1.29, 1.82) is 0 Å². The Morgan fingerprint density at radius 2 is 1.85 bits per heavy atom. The smallest absolute Gasteiger partial charge is 0.318 e. The first-order valence-corrected chi connectivity index (χ1v) is 3.70. The van der Waals surface area contributed by atoms with Crippen molar-refractivity contribution in [3.05, 3.63) is 35.3 Å². The van der Waals surface area contributed by atoms with Crippen molar-refractivity contribution in [2.75, 3.05) is 5.73 Å². The topological polar surface area (TPSA) is 86.7 Å². The minimum atomic E-state index is -1.10. The highest BCUT2D eigenvalue weighted by molar-refractivity contribution is 5.67. The molecule has 0 aliphatic rings. The van der Waals surface area contributed by atoms with Crippen molar-refractivity contribution in [3.63, 3.8) is 0 Å². The normalized spacial score (nSPS) is 9.62. The summed E-state index contributed by atoms with van der Waals surface area (Å²) in [5.74, 6) is -1.67. The van der Waals surface area contributed by atoms with Crippen LogP contribution in [0.5, 0.6) is 0 Å². The summed E-state index contributed by atoms with van der Waals surface area (Å²) in [7, 11) is 0. The maximum atomic E-state index is 9.23. The number of aliphatic hydroxyl groups excluding tert-OH is 2. The summed E-state index contributed by atoms with van der Waals surface area (Å²) in [6.45, 7) is 1.68. The van der Waals surface area contributed by atoms with E-state index < -0.39 is 11.7 Å². The minimum absolute atomic E-state index is 0.319. The van der Waals surface area contributed by atoms with Gasteiger partial charge in [-0.15, -0.1) is 0 Å². The van der Waals surface area contributed by atoms with Crippen LogP contribution in [0.25, 0.3) is 5.76 Å². The van der Waals surface area contributed by atoms with Crippen LogP contribution < -0.4 is 5.73 Å². The van der Waals surface area contributed by atoms with Crippen LogP contribution in [0.4, 0.5) is 5.69 Å². The molecule has 0 amide bonds. The summed E-state index contributed by atoms with van der Waals surface area (Å²) in [5, 5.41) is 26.5. The van der Waals surface area contributed by atoms with E-state index in [1.165, 1.54) is 0 Å². The molecule has 1 aromatic rings. The summed E-state index contributed by atoms with van der Waals surface area (Å²) < 4.78 is 0. The Labute approximate surface area is 75.6 Å². The molecule has 0 fully saturated rings. The first kappa shape index (κ1) is 9.25. The molecule has 1 aromatic carbocycles. The third-order valence-electron chi connectivity index (χ3n) is 1.84. The lowest BCUT2D eigenvalue weighted by molar-refractivity contribution is 0.181. The summed E-state index contributed by atoms with van der Waals surface area (Å²) in [4.78, 5) is 0. The highest BCUT2D eigenvalue weighted by Gasteiger charge is 2.09. The van der Waals surface area contributed by atoms with E-state index in [-0.39, 0.29) is 0 Å². The summed E-state index contributed by atoms with van der Waals surface area (Å²) >= 11 is 0. The SMILES string of the molecule is Cc1c(N)cccc1C(O)=C(O)O. The lowest BCUT2D eigenvalue weighted by Gasteiger charge is -2.06. The van der Waals surface area contributed by atoms with Crippen molar-refractivity contribution in [3.8, 4) is 0 Å². The van der Waals surface area contributed by atoms with Gasteiger partial charge in [0.15, 0.2) is 0 Å². The molecule has 0 aliphatic carbocycles. The minimum Gasteiger partial charge on any atom is -0.502 e. The molecule has 1 rings (SSSR count). The highest BCUT2D eigenvalue weighted by Crippen LogP contribution is 2.22. The lowest BCUT2D eigenvalue weighted by atomic mass is 10.1. The quantitative estimate of drug-likeness (QED) is 0.393. The first-order chi connectivity index (χ1) is 6.04. The van der Waals surface area contributed by atoms with Gasteiger partial charge in [-0.05, 0) is 18.6 Å². The van der Waals surface area contributed by atoms with Gasteiger partial charge in [0.05, 0.1) is 0 Å². The molecule has 0 bridgehead atoms. The molecule has 0 unspecified atom stereocenters. The van der Waals surface area contributed by atoms with Crippen LogP contribution in [0.15, 0.2) is 24.1 Å². The fraction of sp³-hybridized carbons (Fsp3) is 0.111. The van der Waals surface area contributed by atoms with Crippen LogP contribution in [0.3, 0.4) is 0 Å². The van der Waals surface area contributed by atoms with Gasteiger partial charge in [0, 0.05) is 11.3 Å². The molecule has 5 N–H and O–H groups in total. The van der Waals surface area contributed by atoms with Crippen molar-refractivity contribution in [1.82, 2.24) is 0 Å². The van der Waals surface area contributed by atoms with E-state index in [0.29, 0.717) is 16.8 Å². The number of hydrogen-bond acceptors (Lipinski definition) is 4. The van der Waals surface area contributed by atoms with E-state index in [9.17, 15) is 5.11 Å². The second-order valence-corrected chi connectivity index (χ2v) is 2.69. The summed E-state index contributed by atoms with van der Waals surface area (Å²) in [6.07, 6.45) is 0. The van der Waals surface area contributed by atoms with Crippen molar-refractivity contribution >= 4 is 11.4 Å². The molecule has 13 heavy (non-hydrogen) atoms. The Kier molecular flexibility index (Phi) is 2.32. The van der Waals surface area contributed by atoms with Crippen LogP contribution in [0.2, 0.25) is 0 Å². The van der Waals surface area contributed by atoms with Crippen LogP contribution >= 0.6 is 0 Å². The molecule has 0 radical (unpaired) electrons. The van der Waals surface area contributed by atoms with E-state index in [1.807, 2.05) is 0 Å². The molecule has 0 heterocycles. The summed E-state index contributed by atoms with van der Waals surface area (Å²) in [5.41, 5.74) is 6.98. The maximum Gasteiger partial charge on any atom is 0.318 e. The van der Waals surface area contributed by atoms with Crippen LogP contribution in [-0.2, 0) is 0 Å². The van der Waals surface area contributed by atoms with E-state index in [1.54, 1.807) is 25.1 Å². The van der Waals surface area contributed by atoms with E-state index >= 15 is 0 Å². The predicted octanol–water partition coefficient (Wildman–Crippen LogP) is 1.88. The zero-order valence-electron chi connectivity index (χ0n) is 7.15. The average molecular weight is 181 g/mol. The van der Waals surface area contributed by atoms with Gasteiger partial charge in [0.2, 0.25) is 5.76 Å². The number of rotatable bonds is 1. The second-order valence-electron chi connectivity index (χ2n) is 2.69. The number of aliphatic hydroxyl groups is 3. The van der Waals surface area contributed by atoms with Gasteiger partial charge >= 0.3 is 5.95 Å². The molecular formula is C9H11NO3. The van der Waals surface area contributed by atoms with E-state index in [0.717, 1.165) is 0 Å². The molecule has 0 spiro atoms. The Hall–Kier alpha value is -1.84. The molecule has 70 valence electrons. The van der Waals surface area contributed by atoms with Gasteiger partial charge in [0.25, 0.3) is 0 Å². The number of benzene rings is 1. The van der Waals surface area contributed by atoms with Gasteiger partial charge in [0.1, 0.15) is 0 Å². The van der Waals surface area contributed by atoms with Gasteiger partial charge in [-0.2, -0.15) is 0 Å². The first-order valence-electron chi connectivity index (χ1n) is 3.70. The van der Waals surface area contributed by atoms with Crippen LogP contribution in [0.1, 0.15) is 11.1 Å². The van der Waals surface area contributed by atoms with Crippen molar-refractivity contribution < 1.29 is 15.3 Å². The molecule has 4 heteroatoms. The average Bonchev–Trinajstić information content (AvgIpc) is 2.08. The number of anilines is 1. The molecule has 0 saturated carbocycles. The number of nitrogens with two attached hydrogens (primary N) is 1. The Balaban J connectivity index is 3.32. The zero-order valence-corrected chi connectivity index (χ0v) is 7.15. The van der Waals surface area contributed by atoms with Crippen molar-refractivity contribution in [2.24, 2.45) is 0 Å². The standard InChI is InChI=1S/C9H11NO3/c1-5-6(8(11)9(12)13)3-2-4-7(5)10/h2-4,11-13H,10H2,1H3. The van der Waals surface area contributed by atoms with Gasteiger partial charge in [-0.1, -0.05) is 12.1 Å². The van der Waals surface area contributed by atoms with Crippen molar-refractivity contribution in [2.45, 2.75) is 6.92 Å². The molecule has 4 nitrogen and oxygen atoms in total. The van der Waals surface area contributed by atoms with E-state index in [4.69, 9.17) is 15.9 Å². The van der Waals surface area contributed by atoms with E-state index in [2.05, 4.69) is 0 Å². The number of hydrogen-bond donors (Lipinski definition) is 4.